The van der Waals surface area contributed by atoms with Gasteiger partial charge in [0.2, 0.25) is 5.91 Å². The molecular formula is C22H19FN4O3S3. The van der Waals surface area contributed by atoms with Gasteiger partial charge in [0, 0.05) is 18.9 Å². The van der Waals surface area contributed by atoms with Crippen molar-refractivity contribution in [2.24, 2.45) is 0 Å². The number of fused-ring (bicyclic) bond motifs is 1. The molecule has 0 spiro atoms. The van der Waals surface area contributed by atoms with Gasteiger partial charge in [-0.25, -0.2) is 17.8 Å². The summed E-state index contributed by atoms with van der Waals surface area (Å²) in [5.74, 6) is -0.835. The van der Waals surface area contributed by atoms with Crippen LogP contribution in [0.3, 0.4) is 0 Å². The molecule has 1 atom stereocenters. The summed E-state index contributed by atoms with van der Waals surface area (Å²) in [6, 6.07) is 10.6. The van der Waals surface area contributed by atoms with E-state index in [2.05, 4.69) is 9.97 Å². The van der Waals surface area contributed by atoms with Crippen molar-refractivity contribution < 1.29 is 17.6 Å². The fourth-order valence-corrected chi connectivity index (χ4v) is 7.66. The van der Waals surface area contributed by atoms with E-state index in [4.69, 9.17) is 0 Å². The van der Waals surface area contributed by atoms with Crippen LogP contribution in [0.25, 0.3) is 10.2 Å². The van der Waals surface area contributed by atoms with Crippen molar-refractivity contribution in [3.63, 3.8) is 0 Å². The first-order valence-electron chi connectivity index (χ1n) is 10.3. The molecule has 1 aliphatic heterocycles. The molecule has 7 nitrogen and oxygen atoms in total. The van der Waals surface area contributed by atoms with Gasteiger partial charge in [-0.15, -0.1) is 11.3 Å². The number of thiazole rings is 1. The van der Waals surface area contributed by atoms with Crippen LogP contribution in [0.1, 0.15) is 18.4 Å². The number of nitrogens with zero attached hydrogens (tertiary/aromatic N) is 4. The van der Waals surface area contributed by atoms with Crippen molar-refractivity contribution in [1.29, 1.82) is 0 Å². The molecule has 11 heteroatoms. The van der Waals surface area contributed by atoms with Crippen LogP contribution >= 0.6 is 22.7 Å². The first kappa shape index (κ1) is 22.1. The molecule has 1 amide bonds. The normalized spacial score (nSPS) is 16.9. The van der Waals surface area contributed by atoms with Crippen molar-refractivity contribution in [3.05, 3.63) is 71.6 Å². The maximum Gasteiger partial charge on any atom is 0.253 e. The van der Waals surface area contributed by atoms with Crippen LogP contribution in [-0.4, -0.2) is 41.2 Å². The van der Waals surface area contributed by atoms with Gasteiger partial charge in [0.25, 0.3) is 10.0 Å². The van der Waals surface area contributed by atoms with Crippen LogP contribution in [0.2, 0.25) is 0 Å². The number of thiophene rings is 1. The summed E-state index contributed by atoms with van der Waals surface area (Å²) >= 11 is 2.33. The minimum atomic E-state index is -3.79. The second-order valence-electron chi connectivity index (χ2n) is 7.57. The maximum absolute atomic E-state index is 14.3. The summed E-state index contributed by atoms with van der Waals surface area (Å²) in [5, 5.41) is 2.03. The molecule has 0 aliphatic carbocycles. The van der Waals surface area contributed by atoms with Crippen LogP contribution in [0.15, 0.2) is 64.4 Å². The van der Waals surface area contributed by atoms with Crippen LogP contribution in [0.5, 0.6) is 0 Å². The summed E-state index contributed by atoms with van der Waals surface area (Å²) in [7, 11) is -3.79. The molecule has 1 unspecified atom stereocenters. The Hall–Kier alpha value is -2.73. The first-order chi connectivity index (χ1) is 15.9. The fourth-order valence-electron chi connectivity index (χ4n) is 3.91. The van der Waals surface area contributed by atoms with Crippen molar-refractivity contribution >= 4 is 54.0 Å². The number of anilines is 1. The number of para-hydroxylation sites is 1. The van der Waals surface area contributed by atoms with Gasteiger partial charge in [-0.2, -0.15) is 4.31 Å². The second-order valence-corrected chi connectivity index (χ2v) is 11.6. The maximum atomic E-state index is 14.3. The highest BCUT2D eigenvalue weighted by atomic mass is 32.2. The Morgan fingerprint density at radius 2 is 2.00 bits per heavy atom. The number of hydrogen-bond donors (Lipinski definition) is 0. The average Bonchev–Trinajstić information content (AvgIpc) is 3.58. The molecule has 5 rings (SSSR count). The number of pyridine rings is 1. The van der Waals surface area contributed by atoms with E-state index >= 15 is 0 Å². The number of hydrogen-bond acceptors (Lipinski definition) is 7. The summed E-state index contributed by atoms with van der Waals surface area (Å²) < 4.78 is 42.8. The Kier molecular flexibility index (Phi) is 5.95. The van der Waals surface area contributed by atoms with Gasteiger partial charge >= 0.3 is 0 Å². The lowest BCUT2D eigenvalue weighted by Crippen LogP contribution is -2.47. The Morgan fingerprint density at radius 1 is 1.18 bits per heavy atom. The molecule has 1 aliphatic rings. The summed E-state index contributed by atoms with van der Waals surface area (Å²) in [6.07, 6.45) is 4.24. The minimum absolute atomic E-state index is 0.173. The van der Waals surface area contributed by atoms with Crippen LogP contribution in [-0.2, 0) is 21.4 Å². The molecule has 170 valence electrons. The molecule has 0 bridgehead atoms. The molecular weight excluding hydrogens is 483 g/mol. The van der Waals surface area contributed by atoms with Crippen molar-refractivity contribution in [1.82, 2.24) is 14.3 Å². The van der Waals surface area contributed by atoms with Gasteiger partial charge in [0.15, 0.2) is 5.13 Å². The number of benzene rings is 1. The number of aromatic nitrogens is 2. The largest absolute Gasteiger partial charge is 0.282 e. The molecule has 4 aromatic rings. The zero-order chi connectivity index (χ0) is 23.0. The van der Waals surface area contributed by atoms with E-state index in [1.165, 1.54) is 26.6 Å². The smallest absolute Gasteiger partial charge is 0.253 e. The summed E-state index contributed by atoms with van der Waals surface area (Å²) in [5.41, 5.74) is 1.00. The average molecular weight is 503 g/mol. The zero-order valence-electron chi connectivity index (χ0n) is 17.3. The predicted molar refractivity (Wildman–Crippen MR) is 126 cm³/mol. The van der Waals surface area contributed by atoms with Crippen LogP contribution < -0.4 is 4.90 Å². The van der Waals surface area contributed by atoms with Gasteiger partial charge in [0.1, 0.15) is 21.6 Å². The second kappa shape index (κ2) is 8.90. The van der Waals surface area contributed by atoms with E-state index in [-0.39, 0.29) is 28.7 Å². The summed E-state index contributed by atoms with van der Waals surface area (Å²) in [4.78, 5) is 23.7. The number of sulfonamides is 1. The zero-order valence-corrected chi connectivity index (χ0v) is 19.7. The number of amides is 1. The number of carbonyl (C=O) groups is 1. The minimum Gasteiger partial charge on any atom is -0.282 e. The van der Waals surface area contributed by atoms with Gasteiger partial charge in [-0.3, -0.25) is 14.7 Å². The molecule has 1 saturated heterocycles. The third-order valence-corrected chi connectivity index (χ3v) is 9.82. The lowest BCUT2D eigenvalue weighted by Gasteiger charge is -2.28. The van der Waals surface area contributed by atoms with Crippen molar-refractivity contribution in [3.8, 4) is 0 Å². The first-order valence-corrected chi connectivity index (χ1v) is 13.4. The molecule has 33 heavy (non-hydrogen) atoms. The van der Waals surface area contributed by atoms with Gasteiger partial charge < -0.3 is 0 Å². The van der Waals surface area contributed by atoms with E-state index in [0.29, 0.717) is 22.7 Å². The number of rotatable bonds is 6. The Morgan fingerprint density at radius 3 is 2.73 bits per heavy atom. The standard InChI is InChI=1S/C22H19FN4O3S3/c23-16-4-1-6-18-20(16)25-22(32-18)26(14-15-8-10-24-11-9-15)21(28)17-5-2-12-27(17)33(29,30)19-7-3-13-31-19/h1,3-4,6-11,13,17H,2,5,12,14H2. The topological polar surface area (TPSA) is 83.5 Å². The van der Waals surface area contributed by atoms with E-state index in [1.807, 2.05) is 0 Å². The van der Waals surface area contributed by atoms with Gasteiger partial charge in [-0.05, 0) is 54.1 Å². The van der Waals surface area contributed by atoms with E-state index in [9.17, 15) is 17.6 Å². The highest BCUT2D eigenvalue weighted by Gasteiger charge is 2.42. The van der Waals surface area contributed by atoms with Crippen LogP contribution in [0, 0.1) is 5.82 Å². The molecule has 1 aromatic carbocycles. The summed E-state index contributed by atoms with van der Waals surface area (Å²) in [6.45, 7) is 0.445. The highest BCUT2D eigenvalue weighted by Crippen LogP contribution is 2.34. The lowest BCUT2D eigenvalue weighted by atomic mass is 10.2. The molecule has 1 fully saturated rings. The van der Waals surface area contributed by atoms with Crippen molar-refractivity contribution in [2.75, 3.05) is 11.4 Å². The molecule has 0 radical (unpaired) electrons. The van der Waals surface area contributed by atoms with Crippen molar-refractivity contribution in [2.45, 2.75) is 29.6 Å². The molecule has 0 N–H and O–H groups in total. The molecule has 0 saturated carbocycles. The van der Waals surface area contributed by atoms with E-state index in [0.717, 1.165) is 16.9 Å². The third-order valence-electron chi connectivity index (χ3n) is 5.49. The number of carbonyl (C=O) groups excluding carboxylic acids is 1. The van der Waals surface area contributed by atoms with E-state index < -0.39 is 21.9 Å². The Balaban J connectivity index is 1.54. The third kappa shape index (κ3) is 4.17. The monoisotopic (exact) mass is 502 g/mol. The SMILES string of the molecule is O=C(C1CCCN1S(=O)(=O)c1cccs1)N(Cc1ccncc1)c1nc2c(F)cccc2s1. The Labute approximate surface area is 198 Å². The van der Waals surface area contributed by atoms with Crippen LogP contribution in [0.4, 0.5) is 9.52 Å². The Bertz CT molecular complexity index is 1390. The van der Waals surface area contributed by atoms with E-state index in [1.54, 1.807) is 54.2 Å². The lowest BCUT2D eigenvalue weighted by molar-refractivity contribution is -0.121. The quantitative estimate of drug-likeness (QED) is 0.393. The number of halogens is 1. The van der Waals surface area contributed by atoms with Gasteiger partial charge in [-0.1, -0.05) is 23.5 Å². The fraction of sp³-hybridized carbons (Fsp3) is 0.227. The molecule has 4 heterocycles. The highest BCUT2D eigenvalue weighted by molar-refractivity contribution is 7.91. The van der Waals surface area contributed by atoms with Gasteiger partial charge in [0.05, 0.1) is 11.2 Å². The molecule has 3 aromatic heterocycles. The predicted octanol–water partition coefficient (Wildman–Crippen LogP) is 4.28.